The maximum absolute atomic E-state index is 13.0. The Labute approximate surface area is 168 Å². The maximum Gasteiger partial charge on any atom is 0.252 e. The van der Waals surface area contributed by atoms with Crippen LogP contribution in [-0.2, 0) is 13.1 Å². The number of benzene rings is 1. The second-order valence-corrected chi connectivity index (χ2v) is 7.41. The van der Waals surface area contributed by atoms with Gasteiger partial charge in [0.1, 0.15) is 5.82 Å². The molecule has 1 aliphatic heterocycles. The molecule has 0 atom stereocenters. The van der Waals surface area contributed by atoms with Gasteiger partial charge in [-0.25, -0.2) is 9.37 Å². The average molecular weight is 393 g/mol. The van der Waals surface area contributed by atoms with E-state index in [1.165, 1.54) is 17.7 Å². The summed E-state index contributed by atoms with van der Waals surface area (Å²) in [5, 5.41) is 3.14. The number of halogens is 1. The lowest BCUT2D eigenvalue weighted by atomic mass is 9.93. The number of aromatic nitrogens is 3. The predicted octanol–water partition coefficient (Wildman–Crippen LogP) is 3.30. The molecule has 0 radical (unpaired) electrons. The van der Waals surface area contributed by atoms with Crippen molar-refractivity contribution in [2.45, 2.75) is 31.8 Å². The standard InChI is InChI=1S/C22H24FN5O/c23-19-5-3-16(4-6-19)14-25-22-26-20(12-21(29)27-22)18-7-10-28(11-8-18)15-17-2-1-9-24-13-17/h1-6,9,12-13,18H,7-8,10-11,14-15H2,(H2,25,26,27,29). The summed E-state index contributed by atoms with van der Waals surface area (Å²) in [4.78, 5) is 26.1. The van der Waals surface area contributed by atoms with Gasteiger partial charge in [-0.3, -0.25) is 19.7 Å². The summed E-state index contributed by atoms with van der Waals surface area (Å²) in [5.41, 5.74) is 2.81. The molecule has 1 fully saturated rings. The number of piperidine rings is 1. The molecule has 2 N–H and O–H groups in total. The number of pyridine rings is 1. The van der Waals surface area contributed by atoms with Gasteiger partial charge in [0.25, 0.3) is 5.56 Å². The van der Waals surface area contributed by atoms with E-state index in [1.807, 2.05) is 12.3 Å². The molecule has 1 saturated heterocycles. The van der Waals surface area contributed by atoms with Crippen molar-refractivity contribution >= 4 is 5.95 Å². The Morgan fingerprint density at radius 3 is 2.66 bits per heavy atom. The maximum atomic E-state index is 13.0. The lowest BCUT2D eigenvalue weighted by molar-refractivity contribution is 0.203. The van der Waals surface area contributed by atoms with Gasteiger partial charge >= 0.3 is 0 Å². The molecule has 1 aliphatic rings. The highest BCUT2D eigenvalue weighted by atomic mass is 19.1. The first-order chi connectivity index (χ1) is 14.2. The first-order valence-electron chi connectivity index (χ1n) is 9.86. The van der Waals surface area contributed by atoms with Gasteiger partial charge in [0.15, 0.2) is 0 Å². The quantitative estimate of drug-likeness (QED) is 0.672. The molecular formula is C22H24FN5O. The summed E-state index contributed by atoms with van der Waals surface area (Å²) >= 11 is 0. The highest BCUT2D eigenvalue weighted by Gasteiger charge is 2.22. The molecule has 3 aromatic rings. The first kappa shape index (κ1) is 19.3. The van der Waals surface area contributed by atoms with Crippen LogP contribution in [-0.4, -0.2) is 32.9 Å². The molecule has 0 spiro atoms. The van der Waals surface area contributed by atoms with Crippen LogP contribution in [0, 0.1) is 5.82 Å². The van der Waals surface area contributed by atoms with E-state index in [-0.39, 0.29) is 17.3 Å². The Kier molecular flexibility index (Phi) is 5.95. The van der Waals surface area contributed by atoms with Crippen LogP contribution in [0.25, 0.3) is 0 Å². The van der Waals surface area contributed by atoms with Crippen molar-refractivity contribution in [3.63, 3.8) is 0 Å². The number of anilines is 1. The van der Waals surface area contributed by atoms with Crippen LogP contribution < -0.4 is 10.9 Å². The largest absolute Gasteiger partial charge is 0.352 e. The predicted molar refractivity (Wildman–Crippen MR) is 110 cm³/mol. The molecule has 7 heteroatoms. The van der Waals surface area contributed by atoms with Crippen LogP contribution >= 0.6 is 0 Å². The van der Waals surface area contributed by atoms with Crippen LogP contribution in [0.3, 0.4) is 0 Å². The van der Waals surface area contributed by atoms with Crippen molar-refractivity contribution in [1.82, 2.24) is 19.9 Å². The van der Waals surface area contributed by atoms with Gasteiger partial charge in [-0.2, -0.15) is 0 Å². The summed E-state index contributed by atoms with van der Waals surface area (Å²) < 4.78 is 13.0. The van der Waals surface area contributed by atoms with E-state index in [2.05, 4.69) is 31.2 Å². The number of aromatic amines is 1. The number of nitrogens with zero attached hydrogens (tertiary/aromatic N) is 3. The Balaban J connectivity index is 1.36. The van der Waals surface area contributed by atoms with Crippen LogP contribution in [0.4, 0.5) is 10.3 Å². The van der Waals surface area contributed by atoms with Crippen molar-refractivity contribution in [2.24, 2.45) is 0 Å². The topological polar surface area (TPSA) is 73.9 Å². The third-order valence-electron chi connectivity index (χ3n) is 5.27. The fourth-order valence-corrected chi connectivity index (χ4v) is 3.69. The summed E-state index contributed by atoms with van der Waals surface area (Å²) in [6.45, 7) is 3.29. The van der Waals surface area contributed by atoms with E-state index < -0.39 is 0 Å². The number of H-pyrrole nitrogens is 1. The fraction of sp³-hybridized carbons (Fsp3) is 0.318. The molecule has 0 amide bonds. The number of hydrogen-bond donors (Lipinski definition) is 2. The lowest BCUT2D eigenvalue weighted by Gasteiger charge is -2.31. The zero-order valence-corrected chi connectivity index (χ0v) is 16.1. The Hall–Kier alpha value is -3.06. The normalized spacial score (nSPS) is 15.3. The smallest absolute Gasteiger partial charge is 0.252 e. The second-order valence-electron chi connectivity index (χ2n) is 7.41. The molecule has 2 aromatic heterocycles. The highest BCUT2D eigenvalue weighted by molar-refractivity contribution is 5.29. The minimum atomic E-state index is -0.267. The molecule has 0 unspecified atom stereocenters. The second kappa shape index (κ2) is 8.96. The van der Waals surface area contributed by atoms with E-state index in [1.54, 1.807) is 24.4 Å². The minimum Gasteiger partial charge on any atom is -0.352 e. The third-order valence-corrected chi connectivity index (χ3v) is 5.27. The summed E-state index contributed by atoms with van der Waals surface area (Å²) in [5.74, 6) is 0.459. The van der Waals surface area contributed by atoms with Crippen molar-refractivity contribution in [3.05, 3.63) is 87.9 Å². The Bertz CT molecular complexity index is 982. The van der Waals surface area contributed by atoms with Gasteiger partial charge in [0.05, 0.1) is 5.69 Å². The first-order valence-corrected chi connectivity index (χ1v) is 9.86. The van der Waals surface area contributed by atoms with E-state index in [9.17, 15) is 9.18 Å². The zero-order chi connectivity index (χ0) is 20.1. The van der Waals surface area contributed by atoms with Gasteiger partial charge in [0, 0.05) is 37.5 Å². The van der Waals surface area contributed by atoms with Crippen LogP contribution in [0.2, 0.25) is 0 Å². The molecule has 150 valence electrons. The Morgan fingerprint density at radius 2 is 1.93 bits per heavy atom. The molecule has 3 heterocycles. The number of hydrogen-bond acceptors (Lipinski definition) is 5. The highest BCUT2D eigenvalue weighted by Crippen LogP contribution is 2.27. The minimum absolute atomic E-state index is 0.158. The fourth-order valence-electron chi connectivity index (χ4n) is 3.69. The van der Waals surface area contributed by atoms with Gasteiger partial charge < -0.3 is 5.32 Å². The molecule has 4 rings (SSSR count). The molecule has 6 nitrogen and oxygen atoms in total. The van der Waals surface area contributed by atoms with Crippen LogP contribution in [0.1, 0.15) is 35.6 Å². The average Bonchev–Trinajstić information content (AvgIpc) is 2.74. The van der Waals surface area contributed by atoms with Gasteiger partial charge in [0.2, 0.25) is 5.95 Å². The summed E-state index contributed by atoms with van der Waals surface area (Å²) in [6, 6.07) is 11.9. The van der Waals surface area contributed by atoms with Gasteiger partial charge in [-0.05, 0) is 55.3 Å². The number of rotatable bonds is 6. The molecule has 0 aliphatic carbocycles. The van der Waals surface area contributed by atoms with Gasteiger partial charge in [-0.1, -0.05) is 18.2 Å². The summed E-state index contributed by atoms with van der Waals surface area (Å²) in [6.07, 6.45) is 5.63. The van der Waals surface area contributed by atoms with E-state index in [4.69, 9.17) is 0 Å². The monoisotopic (exact) mass is 393 g/mol. The van der Waals surface area contributed by atoms with Crippen molar-refractivity contribution in [3.8, 4) is 0 Å². The van der Waals surface area contributed by atoms with Crippen LogP contribution in [0.5, 0.6) is 0 Å². The van der Waals surface area contributed by atoms with Crippen LogP contribution in [0.15, 0.2) is 59.7 Å². The van der Waals surface area contributed by atoms with Crippen molar-refractivity contribution in [2.75, 3.05) is 18.4 Å². The van der Waals surface area contributed by atoms with E-state index in [0.29, 0.717) is 12.5 Å². The number of likely N-dealkylation sites (tertiary alicyclic amines) is 1. The molecule has 0 saturated carbocycles. The molecular weight excluding hydrogens is 369 g/mol. The van der Waals surface area contributed by atoms with Gasteiger partial charge in [-0.15, -0.1) is 0 Å². The molecule has 1 aromatic carbocycles. The lowest BCUT2D eigenvalue weighted by Crippen LogP contribution is -2.33. The van der Waals surface area contributed by atoms with E-state index in [0.717, 1.165) is 43.7 Å². The van der Waals surface area contributed by atoms with Crippen molar-refractivity contribution in [1.29, 1.82) is 0 Å². The third kappa shape index (κ3) is 5.26. The zero-order valence-electron chi connectivity index (χ0n) is 16.1. The van der Waals surface area contributed by atoms with Crippen molar-refractivity contribution < 1.29 is 4.39 Å². The summed E-state index contributed by atoms with van der Waals surface area (Å²) in [7, 11) is 0. The molecule has 29 heavy (non-hydrogen) atoms. The molecule has 0 bridgehead atoms. The Morgan fingerprint density at radius 1 is 1.14 bits per heavy atom. The SMILES string of the molecule is O=c1cc(C2CCN(Cc3cccnc3)CC2)nc(NCc2ccc(F)cc2)[nH]1. The van der Waals surface area contributed by atoms with E-state index >= 15 is 0 Å². The number of nitrogens with one attached hydrogen (secondary N) is 2.